The Labute approximate surface area is 103 Å². The molecule has 3 aromatic rings. The quantitative estimate of drug-likeness (QED) is 0.719. The van der Waals surface area contributed by atoms with E-state index in [4.69, 9.17) is 0 Å². The molecule has 5 nitrogen and oxygen atoms in total. The number of nitrogens with one attached hydrogen (secondary N) is 2. The van der Waals surface area contributed by atoms with Crippen LogP contribution in [0, 0.1) is 0 Å². The monoisotopic (exact) mass is 238 g/mol. The number of aromatic amines is 1. The van der Waals surface area contributed by atoms with Gasteiger partial charge >= 0.3 is 0 Å². The summed E-state index contributed by atoms with van der Waals surface area (Å²) in [7, 11) is 0. The number of benzene rings is 1. The predicted molar refractivity (Wildman–Crippen MR) is 68.3 cm³/mol. The summed E-state index contributed by atoms with van der Waals surface area (Å²) in [6, 6.07) is 10.8. The first kappa shape index (κ1) is 10.5. The molecule has 0 radical (unpaired) electrons. The van der Waals surface area contributed by atoms with Crippen molar-refractivity contribution in [3.05, 3.63) is 54.5 Å². The van der Waals surface area contributed by atoms with Crippen molar-refractivity contribution in [1.82, 2.24) is 15.2 Å². The van der Waals surface area contributed by atoms with Gasteiger partial charge in [-0.15, -0.1) is 0 Å². The first-order valence-corrected chi connectivity index (χ1v) is 5.49. The summed E-state index contributed by atoms with van der Waals surface area (Å²) in [4.78, 5) is 16.0. The van der Waals surface area contributed by atoms with Gasteiger partial charge in [-0.25, -0.2) is 0 Å². The third-order valence-electron chi connectivity index (χ3n) is 2.63. The summed E-state index contributed by atoms with van der Waals surface area (Å²) in [6.45, 7) is 0. The van der Waals surface area contributed by atoms with Gasteiger partial charge in [-0.3, -0.25) is 14.9 Å². The molecule has 18 heavy (non-hydrogen) atoms. The van der Waals surface area contributed by atoms with Gasteiger partial charge in [0.2, 0.25) is 0 Å². The standard InChI is InChI=1S/C13H10N4O/c18-13(12-4-1-2-7-14-12)16-10-5-3-6-11-9(10)8-15-17-11/h1-8H,(H,15,17)(H,16,18). The summed E-state index contributed by atoms with van der Waals surface area (Å²) < 4.78 is 0. The number of carbonyl (C=O) groups excluding carboxylic acids is 1. The van der Waals surface area contributed by atoms with Crippen LogP contribution in [0.2, 0.25) is 0 Å². The summed E-state index contributed by atoms with van der Waals surface area (Å²) >= 11 is 0. The van der Waals surface area contributed by atoms with Gasteiger partial charge in [0.15, 0.2) is 0 Å². The van der Waals surface area contributed by atoms with E-state index in [0.29, 0.717) is 5.69 Å². The SMILES string of the molecule is O=C(Nc1cccc2[nH]ncc12)c1ccccn1. The maximum Gasteiger partial charge on any atom is 0.274 e. The van der Waals surface area contributed by atoms with Crippen LogP contribution in [-0.4, -0.2) is 21.1 Å². The van der Waals surface area contributed by atoms with Crippen molar-refractivity contribution >= 4 is 22.5 Å². The molecule has 2 aromatic heterocycles. The molecule has 5 heteroatoms. The molecule has 2 heterocycles. The van der Waals surface area contributed by atoms with Crippen molar-refractivity contribution in [3.63, 3.8) is 0 Å². The average Bonchev–Trinajstić information content (AvgIpc) is 2.89. The lowest BCUT2D eigenvalue weighted by Crippen LogP contribution is -2.13. The lowest BCUT2D eigenvalue weighted by molar-refractivity contribution is 0.102. The summed E-state index contributed by atoms with van der Waals surface area (Å²) in [5.41, 5.74) is 1.99. The number of anilines is 1. The highest BCUT2D eigenvalue weighted by Gasteiger charge is 2.09. The second-order valence-electron chi connectivity index (χ2n) is 3.81. The van der Waals surface area contributed by atoms with Crippen LogP contribution in [0.25, 0.3) is 10.9 Å². The molecule has 0 saturated heterocycles. The summed E-state index contributed by atoms with van der Waals surface area (Å²) in [5, 5.41) is 10.5. The van der Waals surface area contributed by atoms with Gasteiger partial charge in [-0.2, -0.15) is 5.10 Å². The lowest BCUT2D eigenvalue weighted by Gasteiger charge is -2.05. The summed E-state index contributed by atoms with van der Waals surface area (Å²) in [5.74, 6) is -0.232. The molecule has 0 spiro atoms. The van der Waals surface area contributed by atoms with Gasteiger partial charge in [0.25, 0.3) is 5.91 Å². The molecule has 0 bridgehead atoms. The minimum Gasteiger partial charge on any atom is -0.320 e. The Hall–Kier alpha value is -2.69. The fourth-order valence-corrected chi connectivity index (χ4v) is 1.76. The van der Waals surface area contributed by atoms with Crippen LogP contribution >= 0.6 is 0 Å². The van der Waals surface area contributed by atoms with E-state index in [0.717, 1.165) is 16.6 Å². The highest BCUT2D eigenvalue weighted by Crippen LogP contribution is 2.21. The first-order chi connectivity index (χ1) is 8.84. The van der Waals surface area contributed by atoms with Gasteiger partial charge < -0.3 is 5.32 Å². The van der Waals surface area contributed by atoms with Crippen molar-refractivity contribution < 1.29 is 4.79 Å². The summed E-state index contributed by atoms with van der Waals surface area (Å²) in [6.07, 6.45) is 3.27. The third-order valence-corrected chi connectivity index (χ3v) is 2.63. The Morgan fingerprint density at radius 3 is 2.94 bits per heavy atom. The van der Waals surface area contributed by atoms with Crippen molar-refractivity contribution in [2.24, 2.45) is 0 Å². The molecular formula is C13H10N4O. The number of nitrogens with zero attached hydrogens (tertiary/aromatic N) is 2. The Morgan fingerprint density at radius 1 is 1.17 bits per heavy atom. The predicted octanol–water partition coefficient (Wildman–Crippen LogP) is 2.21. The largest absolute Gasteiger partial charge is 0.320 e. The van der Waals surface area contributed by atoms with E-state index in [1.165, 1.54) is 0 Å². The second-order valence-corrected chi connectivity index (χ2v) is 3.81. The fraction of sp³-hybridized carbons (Fsp3) is 0. The molecule has 1 aromatic carbocycles. The number of fused-ring (bicyclic) bond motifs is 1. The maximum atomic E-state index is 12.0. The van der Waals surface area contributed by atoms with Crippen LogP contribution in [0.4, 0.5) is 5.69 Å². The van der Waals surface area contributed by atoms with E-state index < -0.39 is 0 Å². The third kappa shape index (κ3) is 1.82. The number of pyridine rings is 1. The number of aromatic nitrogens is 3. The number of hydrogen-bond acceptors (Lipinski definition) is 3. The van der Waals surface area contributed by atoms with Crippen LogP contribution in [0.3, 0.4) is 0 Å². The molecule has 1 amide bonds. The smallest absolute Gasteiger partial charge is 0.274 e. The lowest BCUT2D eigenvalue weighted by atomic mass is 10.2. The zero-order chi connectivity index (χ0) is 12.4. The van der Waals surface area contributed by atoms with Gasteiger partial charge in [-0.1, -0.05) is 12.1 Å². The van der Waals surface area contributed by atoms with E-state index >= 15 is 0 Å². The molecule has 0 aliphatic heterocycles. The minimum absolute atomic E-state index is 0.232. The number of carbonyl (C=O) groups is 1. The van der Waals surface area contributed by atoms with Gasteiger partial charge in [0, 0.05) is 11.6 Å². The molecular weight excluding hydrogens is 228 g/mol. The Bertz CT molecular complexity index is 690. The number of amides is 1. The van der Waals surface area contributed by atoms with Gasteiger partial charge in [0.05, 0.1) is 17.4 Å². The topological polar surface area (TPSA) is 70.7 Å². The van der Waals surface area contributed by atoms with E-state index in [9.17, 15) is 4.79 Å². The molecule has 0 saturated carbocycles. The van der Waals surface area contributed by atoms with Crippen LogP contribution in [0.1, 0.15) is 10.5 Å². The Balaban J connectivity index is 1.93. The van der Waals surface area contributed by atoms with Crippen LogP contribution in [-0.2, 0) is 0 Å². The first-order valence-electron chi connectivity index (χ1n) is 5.49. The maximum absolute atomic E-state index is 12.0. The van der Waals surface area contributed by atoms with Crippen LogP contribution in [0.5, 0.6) is 0 Å². The number of H-pyrrole nitrogens is 1. The second kappa shape index (κ2) is 4.29. The van der Waals surface area contributed by atoms with E-state index in [-0.39, 0.29) is 5.91 Å². The molecule has 0 atom stereocenters. The van der Waals surface area contributed by atoms with Gasteiger partial charge in [0.1, 0.15) is 5.69 Å². The van der Waals surface area contributed by atoms with E-state index in [1.54, 1.807) is 30.6 Å². The number of rotatable bonds is 2. The molecule has 2 N–H and O–H groups in total. The highest BCUT2D eigenvalue weighted by atomic mass is 16.1. The van der Waals surface area contributed by atoms with E-state index in [1.807, 2.05) is 18.2 Å². The van der Waals surface area contributed by atoms with Crippen molar-refractivity contribution in [1.29, 1.82) is 0 Å². The molecule has 0 aliphatic carbocycles. The Kier molecular flexibility index (Phi) is 2.49. The van der Waals surface area contributed by atoms with Crippen LogP contribution < -0.4 is 5.32 Å². The zero-order valence-electron chi connectivity index (χ0n) is 9.42. The molecule has 88 valence electrons. The molecule has 0 fully saturated rings. The minimum atomic E-state index is -0.232. The van der Waals surface area contributed by atoms with Crippen molar-refractivity contribution in [2.45, 2.75) is 0 Å². The zero-order valence-corrected chi connectivity index (χ0v) is 9.42. The van der Waals surface area contributed by atoms with Gasteiger partial charge in [-0.05, 0) is 24.3 Å². The Morgan fingerprint density at radius 2 is 2.11 bits per heavy atom. The fourth-order valence-electron chi connectivity index (χ4n) is 1.76. The highest BCUT2D eigenvalue weighted by molar-refractivity contribution is 6.07. The van der Waals surface area contributed by atoms with Crippen molar-refractivity contribution in [3.8, 4) is 0 Å². The number of hydrogen-bond donors (Lipinski definition) is 2. The van der Waals surface area contributed by atoms with Crippen molar-refractivity contribution in [2.75, 3.05) is 5.32 Å². The molecule has 3 rings (SSSR count). The molecule has 0 unspecified atom stereocenters. The van der Waals surface area contributed by atoms with E-state index in [2.05, 4.69) is 20.5 Å². The molecule has 0 aliphatic rings. The average molecular weight is 238 g/mol. The normalized spacial score (nSPS) is 10.4. The van der Waals surface area contributed by atoms with Crippen LogP contribution in [0.15, 0.2) is 48.8 Å².